The highest BCUT2D eigenvalue weighted by Gasteiger charge is 2.17. The van der Waals surface area contributed by atoms with E-state index >= 15 is 0 Å². The van der Waals surface area contributed by atoms with Crippen molar-refractivity contribution in [3.8, 4) is 0 Å². The number of benzene rings is 3. The second-order valence-corrected chi connectivity index (χ2v) is 9.82. The maximum atomic E-state index is 11.9. The second kappa shape index (κ2) is 10.1. The molecule has 13 nitrogen and oxygen atoms in total. The molecule has 0 unspecified atom stereocenters. The molecule has 3 rings (SSSR count). The van der Waals surface area contributed by atoms with E-state index in [9.17, 15) is 26.2 Å². The molecule has 0 aliphatic carbocycles. The Morgan fingerprint density at radius 2 is 1.34 bits per heavy atom. The van der Waals surface area contributed by atoms with Crippen molar-refractivity contribution >= 4 is 54.7 Å². The minimum absolute atomic E-state index is 0.0295. The molecule has 0 atom stereocenters. The van der Waals surface area contributed by atoms with Gasteiger partial charge in [-0.1, -0.05) is 6.07 Å². The minimum Gasteiger partial charge on any atom is -0.351 e. The first-order chi connectivity index (χ1) is 16.3. The van der Waals surface area contributed by atoms with Gasteiger partial charge in [-0.25, -0.2) is 4.79 Å². The van der Waals surface area contributed by atoms with Crippen molar-refractivity contribution in [3.05, 3.63) is 66.2 Å². The van der Waals surface area contributed by atoms with Gasteiger partial charge in [0, 0.05) is 0 Å². The molecule has 0 aliphatic heterocycles. The number of aryl methyl sites for hydroxylation is 1. The van der Waals surface area contributed by atoms with Crippen LogP contribution in [0.1, 0.15) is 5.56 Å². The SMILES string of the molecule is Cc1ccc(N=Nc2ccc(N=Nc3ccc(S(=O)(=O)O)cc3)cc2S(=O)(=O)O)c(NC(N)=O)c1. The zero-order chi connectivity index (χ0) is 25.8. The predicted molar refractivity (Wildman–Crippen MR) is 125 cm³/mol. The number of urea groups is 1. The van der Waals surface area contributed by atoms with Crippen LogP contribution in [0.2, 0.25) is 0 Å². The summed E-state index contributed by atoms with van der Waals surface area (Å²) in [6.45, 7) is 1.78. The van der Waals surface area contributed by atoms with Crippen LogP contribution in [0.25, 0.3) is 0 Å². The topological polar surface area (TPSA) is 213 Å². The average Bonchev–Trinajstić information content (AvgIpc) is 2.76. The molecule has 0 spiro atoms. The maximum absolute atomic E-state index is 11.9. The zero-order valence-electron chi connectivity index (χ0n) is 17.9. The Hall–Kier alpha value is -4.05. The Bertz CT molecular complexity index is 1550. The second-order valence-electron chi connectivity index (χ2n) is 7.01. The lowest BCUT2D eigenvalue weighted by molar-refractivity contribution is 0.259. The largest absolute Gasteiger partial charge is 0.351 e. The Morgan fingerprint density at radius 3 is 1.94 bits per heavy atom. The molecule has 5 N–H and O–H groups in total. The van der Waals surface area contributed by atoms with Gasteiger partial charge >= 0.3 is 6.03 Å². The number of carbonyl (C=O) groups excluding carboxylic acids is 1. The van der Waals surface area contributed by atoms with E-state index in [1.54, 1.807) is 19.1 Å². The van der Waals surface area contributed by atoms with Crippen LogP contribution in [0.5, 0.6) is 0 Å². The highest BCUT2D eigenvalue weighted by Crippen LogP contribution is 2.33. The number of hydrogen-bond acceptors (Lipinski definition) is 9. The summed E-state index contributed by atoms with van der Waals surface area (Å²) in [4.78, 5) is 10.3. The highest BCUT2D eigenvalue weighted by molar-refractivity contribution is 7.86. The third kappa shape index (κ3) is 6.97. The van der Waals surface area contributed by atoms with Gasteiger partial charge in [0.05, 0.1) is 22.0 Å². The number of amides is 2. The van der Waals surface area contributed by atoms with E-state index in [0.29, 0.717) is 0 Å². The number of carbonyl (C=O) groups is 1. The summed E-state index contributed by atoms with van der Waals surface area (Å²) in [6.07, 6.45) is 0. The molecule has 35 heavy (non-hydrogen) atoms. The number of primary amides is 1. The fourth-order valence-electron chi connectivity index (χ4n) is 2.73. The minimum atomic E-state index is -4.74. The average molecular weight is 519 g/mol. The maximum Gasteiger partial charge on any atom is 0.316 e. The summed E-state index contributed by atoms with van der Waals surface area (Å²) in [5.41, 5.74) is 6.42. The van der Waals surface area contributed by atoms with Crippen LogP contribution in [0.3, 0.4) is 0 Å². The van der Waals surface area contributed by atoms with E-state index in [-0.39, 0.29) is 33.3 Å². The number of hydrogen-bond donors (Lipinski definition) is 4. The quantitative estimate of drug-likeness (QED) is 0.253. The van der Waals surface area contributed by atoms with Gasteiger partial charge in [-0.2, -0.15) is 27.1 Å². The number of nitrogens with zero attached hydrogens (tertiary/aromatic N) is 4. The van der Waals surface area contributed by atoms with Crippen LogP contribution in [0.15, 0.2) is 90.9 Å². The normalized spacial score (nSPS) is 12.3. The number of nitrogens with one attached hydrogen (secondary N) is 1. The van der Waals surface area contributed by atoms with Crippen LogP contribution in [0.4, 0.5) is 33.2 Å². The Kier molecular flexibility index (Phi) is 7.35. The van der Waals surface area contributed by atoms with Crippen molar-refractivity contribution in [1.29, 1.82) is 0 Å². The summed E-state index contributed by atoms with van der Waals surface area (Å²) < 4.78 is 64.6. The first kappa shape index (κ1) is 25.6. The molecule has 3 aromatic rings. The van der Waals surface area contributed by atoms with Crippen molar-refractivity contribution in [2.45, 2.75) is 16.7 Å². The summed E-state index contributed by atoms with van der Waals surface area (Å²) in [5, 5.41) is 17.9. The molecule has 0 aliphatic rings. The van der Waals surface area contributed by atoms with Crippen LogP contribution in [-0.2, 0) is 20.2 Å². The van der Waals surface area contributed by atoms with Crippen LogP contribution < -0.4 is 11.1 Å². The zero-order valence-corrected chi connectivity index (χ0v) is 19.5. The van der Waals surface area contributed by atoms with Crippen molar-refractivity contribution < 1.29 is 30.7 Å². The predicted octanol–water partition coefficient (Wildman–Crippen LogP) is 4.81. The summed E-state index contributed by atoms with van der Waals surface area (Å²) in [7, 11) is -9.10. The third-order valence-corrected chi connectivity index (χ3v) is 6.06. The molecule has 0 bridgehead atoms. The Morgan fingerprint density at radius 1 is 0.771 bits per heavy atom. The van der Waals surface area contributed by atoms with Gasteiger partial charge in [-0.3, -0.25) is 9.11 Å². The van der Waals surface area contributed by atoms with E-state index in [1.807, 2.05) is 0 Å². The summed E-state index contributed by atoms with van der Waals surface area (Å²) in [5.74, 6) is 0. The van der Waals surface area contributed by atoms with E-state index in [4.69, 9.17) is 10.3 Å². The lowest BCUT2D eigenvalue weighted by Gasteiger charge is -2.07. The smallest absolute Gasteiger partial charge is 0.316 e. The van der Waals surface area contributed by atoms with Gasteiger partial charge in [0.2, 0.25) is 0 Å². The molecule has 0 fully saturated rings. The number of anilines is 1. The molecule has 0 aromatic heterocycles. The standard InChI is InChI=1S/C20H18N6O7S2/c1-12-2-8-16(18(10-12)22-20(21)27)25-26-17-9-5-14(11-19(17)35(31,32)33)24-23-13-3-6-15(7-4-13)34(28,29)30/h2-11H,1H3,(H3,21,22,27)(H,28,29,30)(H,31,32,33). The van der Waals surface area contributed by atoms with Crippen LogP contribution in [-0.4, -0.2) is 32.0 Å². The Balaban J connectivity index is 1.93. The van der Waals surface area contributed by atoms with Gasteiger partial charge in [0.15, 0.2) is 0 Å². The molecule has 0 heterocycles. The van der Waals surface area contributed by atoms with Gasteiger partial charge in [-0.05, 0) is 67.1 Å². The first-order valence-corrected chi connectivity index (χ1v) is 12.4. The molecule has 182 valence electrons. The van der Waals surface area contributed by atoms with Gasteiger partial charge < -0.3 is 11.1 Å². The molecule has 0 saturated heterocycles. The first-order valence-electron chi connectivity index (χ1n) is 9.52. The lowest BCUT2D eigenvalue weighted by Crippen LogP contribution is -2.19. The summed E-state index contributed by atoms with van der Waals surface area (Å²) in [6, 6.07) is 12.4. The van der Waals surface area contributed by atoms with Crippen LogP contribution in [0, 0.1) is 6.92 Å². The molecule has 3 aromatic carbocycles. The van der Waals surface area contributed by atoms with Crippen molar-refractivity contribution in [3.63, 3.8) is 0 Å². The molecular formula is C20H18N6O7S2. The van der Waals surface area contributed by atoms with Crippen molar-refractivity contribution in [2.75, 3.05) is 5.32 Å². The molecule has 0 saturated carbocycles. The third-order valence-electron chi connectivity index (χ3n) is 4.31. The molecule has 15 heteroatoms. The molecule has 0 radical (unpaired) electrons. The number of rotatable bonds is 7. The Labute approximate surface area is 199 Å². The number of azo groups is 2. The van der Waals surface area contributed by atoms with Crippen molar-refractivity contribution in [2.24, 2.45) is 26.2 Å². The fraction of sp³-hybridized carbons (Fsp3) is 0.0500. The van der Waals surface area contributed by atoms with Gasteiger partial charge in [-0.15, -0.1) is 10.2 Å². The lowest BCUT2D eigenvalue weighted by atomic mass is 10.2. The monoisotopic (exact) mass is 518 g/mol. The van der Waals surface area contributed by atoms with Crippen molar-refractivity contribution in [1.82, 2.24) is 0 Å². The van der Waals surface area contributed by atoms with E-state index in [1.165, 1.54) is 30.3 Å². The molecular weight excluding hydrogens is 500 g/mol. The van der Waals surface area contributed by atoms with E-state index in [2.05, 4.69) is 25.8 Å². The summed E-state index contributed by atoms with van der Waals surface area (Å²) >= 11 is 0. The van der Waals surface area contributed by atoms with E-state index < -0.39 is 31.2 Å². The fourth-order valence-corrected chi connectivity index (χ4v) is 3.86. The molecule has 2 amide bonds. The van der Waals surface area contributed by atoms with Crippen LogP contribution >= 0.6 is 0 Å². The van der Waals surface area contributed by atoms with Gasteiger partial charge in [0.1, 0.15) is 16.3 Å². The van der Waals surface area contributed by atoms with Gasteiger partial charge in [0.25, 0.3) is 20.2 Å². The van der Waals surface area contributed by atoms with E-state index in [0.717, 1.165) is 23.8 Å². The number of nitrogens with two attached hydrogens (primary N) is 1. The highest BCUT2D eigenvalue weighted by atomic mass is 32.2.